The Morgan fingerprint density at radius 1 is 1.06 bits per heavy atom. The van der Waals surface area contributed by atoms with Crippen LogP contribution in [-0.2, 0) is 17.6 Å². The molecule has 0 aliphatic heterocycles. The Morgan fingerprint density at radius 3 is 2.75 bits per heavy atom. The molecular weight excluding hydrogens is 216 g/mol. The maximum Gasteiger partial charge on any atom is 0.146 e. The number of ketones is 1. The van der Waals surface area contributed by atoms with Crippen molar-refractivity contribution < 1.29 is 4.79 Å². The van der Waals surface area contributed by atoms with Gasteiger partial charge in [-0.05, 0) is 55.4 Å². The van der Waals surface area contributed by atoms with Crippen LogP contribution in [0, 0.1) is 0 Å². The van der Waals surface area contributed by atoms with Gasteiger partial charge in [-0.3, -0.25) is 4.79 Å². The second-order valence-electron chi connectivity index (χ2n) is 4.75. The minimum atomic E-state index is 0.236. The lowest BCUT2D eigenvalue weighted by Gasteiger charge is -2.09. The van der Waals surface area contributed by atoms with Gasteiger partial charge in [-0.25, -0.2) is 0 Å². The zero-order valence-corrected chi connectivity index (χ0v) is 10.2. The molecule has 0 aromatic heterocycles. The average molecular weight is 232 g/mol. The van der Waals surface area contributed by atoms with Crippen LogP contribution >= 0.6 is 11.8 Å². The molecule has 16 heavy (non-hydrogen) atoms. The molecule has 0 spiro atoms. The van der Waals surface area contributed by atoms with Crippen molar-refractivity contribution in [3.63, 3.8) is 0 Å². The van der Waals surface area contributed by atoms with E-state index in [1.807, 2.05) is 0 Å². The van der Waals surface area contributed by atoms with Crippen molar-refractivity contribution in [1.82, 2.24) is 0 Å². The predicted molar refractivity (Wildman–Crippen MR) is 67.0 cm³/mol. The molecule has 2 aliphatic rings. The van der Waals surface area contributed by atoms with E-state index in [4.69, 9.17) is 0 Å². The summed E-state index contributed by atoms with van der Waals surface area (Å²) in [7, 11) is 0. The van der Waals surface area contributed by atoms with Gasteiger partial charge in [0.25, 0.3) is 0 Å². The van der Waals surface area contributed by atoms with Crippen LogP contribution < -0.4 is 0 Å². The number of hydrogen-bond acceptors (Lipinski definition) is 2. The van der Waals surface area contributed by atoms with Gasteiger partial charge in [-0.1, -0.05) is 6.07 Å². The van der Waals surface area contributed by atoms with Crippen LogP contribution in [0.5, 0.6) is 0 Å². The normalized spacial score (nSPS) is 23.8. The van der Waals surface area contributed by atoms with Gasteiger partial charge in [-0.15, -0.1) is 11.8 Å². The first-order chi connectivity index (χ1) is 7.83. The van der Waals surface area contributed by atoms with E-state index in [0.717, 1.165) is 19.3 Å². The second kappa shape index (κ2) is 4.25. The number of carbonyl (C=O) groups excluding carboxylic acids is 1. The van der Waals surface area contributed by atoms with Crippen LogP contribution in [0.15, 0.2) is 23.1 Å². The Bertz CT molecular complexity index is 425. The summed E-state index contributed by atoms with van der Waals surface area (Å²) < 4.78 is 0. The van der Waals surface area contributed by atoms with Crippen LogP contribution in [0.25, 0.3) is 0 Å². The lowest BCUT2D eigenvalue weighted by atomic mass is 10.1. The highest BCUT2D eigenvalue weighted by atomic mass is 32.2. The van der Waals surface area contributed by atoms with Crippen molar-refractivity contribution in [2.75, 3.05) is 0 Å². The number of thioether (sulfide) groups is 1. The van der Waals surface area contributed by atoms with E-state index >= 15 is 0 Å². The molecule has 0 radical (unpaired) electrons. The molecule has 1 nitrogen and oxygen atoms in total. The smallest absolute Gasteiger partial charge is 0.146 e. The van der Waals surface area contributed by atoms with Gasteiger partial charge in [0.05, 0.1) is 5.25 Å². The van der Waals surface area contributed by atoms with Crippen molar-refractivity contribution in [3.05, 3.63) is 29.3 Å². The van der Waals surface area contributed by atoms with Crippen LogP contribution in [0.3, 0.4) is 0 Å². The van der Waals surface area contributed by atoms with E-state index in [-0.39, 0.29) is 5.25 Å². The molecule has 84 valence electrons. The Balaban J connectivity index is 1.77. The van der Waals surface area contributed by atoms with Gasteiger partial charge in [0.2, 0.25) is 0 Å². The molecular formula is C14H16OS. The molecule has 0 saturated heterocycles. The highest BCUT2D eigenvalue weighted by molar-refractivity contribution is 8.00. The topological polar surface area (TPSA) is 17.1 Å². The number of benzene rings is 1. The molecule has 0 N–H and O–H groups in total. The Labute approximate surface area is 101 Å². The number of rotatable bonds is 2. The third kappa shape index (κ3) is 1.91. The van der Waals surface area contributed by atoms with E-state index < -0.39 is 0 Å². The van der Waals surface area contributed by atoms with Crippen molar-refractivity contribution >= 4 is 17.5 Å². The molecule has 0 bridgehead atoms. The first kappa shape index (κ1) is 10.4. The molecule has 2 aliphatic carbocycles. The van der Waals surface area contributed by atoms with E-state index in [0.29, 0.717) is 5.78 Å². The van der Waals surface area contributed by atoms with Crippen molar-refractivity contribution in [3.8, 4) is 0 Å². The molecule has 3 rings (SSSR count). The van der Waals surface area contributed by atoms with Crippen molar-refractivity contribution in [2.45, 2.75) is 48.7 Å². The number of Topliss-reactive ketones (excluding diaryl/α,β-unsaturated/α-hetero) is 1. The second-order valence-corrected chi connectivity index (χ2v) is 6.03. The first-order valence-corrected chi connectivity index (χ1v) is 7.02. The summed E-state index contributed by atoms with van der Waals surface area (Å²) >= 11 is 1.78. The number of carbonyl (C=O) groups is 1. The number of fused-ring (bicyclic) bond motifs is 1. The summed E-state index contributed by atoms with van der Waals surface area (Å²) in [4.78, 5) is 12.9. The largest absolute Gasteiger partial charge is 0.298 e. The molecule has 1 aromatic carbocycles. The zero-order valence-electron chi connectivity index (χ0n) is 9.37. The van der Waals surface area contributed by atoms with Gasteiger partial charge in [0.1, 0.15) is 5.78 Å². The van der Waals surface area contributed by atoms with Gasteiger partial charge in [-0.2, -0.15) is 0 Å². The van der Waals surface area contributed by atoms with Crippen LogP contribution in [0.2, 0.25) is 0 Å². The zero-order chi connectivity index (χ0) is 11.0. The fourth-order valence-corrected chi connectivity index (χ4v) is 3.91. The third-order valence-electron chi connectivity index (χ3n) is 3.60. The van der Waals surface area contributed by atoms with E-state index in [2.05, 4.69) is 18.2 Å². The third-order valence-corrected chi connectivity index (χ3v) is 4.91. The maximum absolute atomic E-state index is 11.6. The monoisotopic (exact) mass is 232 g/mol. The fourth-order valence-electron chi connectivity index (χ4n) is 2.69. The summed E-state index contributed by atoms with van der Waals surface area (Å²) in [6, 6.07) is 6.75. The Kier molecular flexibility index (Phi) is 2.76. The lowest BCUT2D eigenvalue weighted by molar-refractivity contribution is -0.116. The standard InChI is InChI=1S/C14H16OS/c15-13-5-2-6-14(13)16-12-8-7-10-3-1-4-11(10)9-12/h7-9,14H,1-6H2. The average Bonchev–Trinajstić information content (AvgIpc) is 2.88. The summed E-state index contributed by atoms with van der Waals surface area (Å²) in [6.45, 7) is 0. The Morgan fingerprint density at radius 2 is 1.94 bits per heavy atom. The van der Waals surface area contributed by atoms with Gasteiger partial charge < -0.3 is 0 Å². The SMILES string of the molecule is O=C1CCCC1Sc1ccc2c(c1)CCC2. The molecule has 1 fully saturated rings. The quantitative estimate of drug-likeness (QED) is 0.777. The minimum absolute atomic E-state index is 0.236. The van der Waals surface area contributed by atoms with Crippen LogP contribution in [0.1, 0.15) is 36.8 Å². The minimum Gasteiger partial charge on any atom is -0.298 e. The predicted octanol–water partition coefficient (Wildman–Crippen LogP) is 3.39. The van der Waals surface area contributed by atoms with E-state index in [9.17, 15) is 4.79 Å². The molecule has 0 amide bonds. The lowest BCUT2D eigenvalue weighted by Crippen LogP contribution is -2.07. The van der Waals surface area contributed by atoms with Crippen LogP contribution in [-0.4, -0.2) is 11.0 Å². The molecule has 1 unspecified atom stereocenters. The Hall–Kier alpha value is -0.760. The summed E-state index contributed by atoms with van der Waals surface area (Å²) in [5.74, 6) is 0.450. The first-order valence-electron chi connectivity index (χ1n) is 6.14. The molecule has 1 atom stereocenters. The van der Waals surface area contributed by atoms with E-state index in [1.165, 1.54) is 35.3 Å². The molecule has 0 heterocycles. The molecule has 2 heteroatoms. The molecule has 1 aromatic rings. The number of aryl methyl sites for hydroxylation is 2. The van der Waals surface area contributed by atoms with Crippen LogP contribution in [0.4, 0.5) is 0 Å². The summed E-state index contributed by atoms with van der Waals surface area (Å²) in [5, 5.41) is 0.236. The van der Waals surface area contributed by atoms with Gasteiger partial charge >= 0.3 is 0 Å². The summed E-state index contributed by atoms with van der Waals surface area (Å²) in [5.41, 5.74) is 3.03. The summed E-state index contributed by atoms with van der Waals surface area (Å²) in [6.07, 6.45) is 6.71. The van der Waals surface area contributed by atoms with Gasteiger partial charge in [0, 0.05) is 11.3 Å². The number of hydrogen-bond donors (Lipinski definition) is 0. The maximum atomic E-state index is 11.6. The van der Waals surface area contributed by atoms with Gasteiger partial charge in [0.15, 0.2) is 0 Å². The van der Waals surface area contributed by atoms with Crippen molar-refractivity contribution in [1.29, 1.82) is 0 Å². The fraction of sp³-hybridized carbons (Fsp3) is 0.500. The highest BCUT2D eigenvalue weighted by Crippen LogP contribution is 2.34. The molecule has 1 saturated carbocycles. The highest BCUT2D eigenvalue weighted by Gasteiger charge is 2.25. The van der Waals surface area contributed by atoms with Crippen molar-refractivity contribution in [2.24, 2.45) is 0 Å². The van der Waals surface area contributed by atoms with E-state index in [1.54, 1.807) is 11.8 Å².